The highest BCUT2D eigenvalue weighted by molar-refractivity contribution is 5.90. The first-order chi connectivity index (χ1) is 11.6. The van der Waals surface area contributed by atoms with Crippen molar-refractivity contribution in [2.45, 2.75) is 31.7 Å². The number of amides is 1. The van der Waals surface area contributed by atoms with Gasteiger partial charge in [-0.05, 0) is 25.0 Å². The van der Waals surface area contributed by atoms with Gasteiger partial charge in [0.05, 0.1) is 16.3 Å². The second-order valence-electron chi connectivity index (χ2n) is 6.79. The molecular formula is C18H21N4O2+. The fraction of sp³-hybridized carbons (Fsp3) is 0.444. The van der Waals surface area contributed by atoms with E-state index in [0.717, 1.165) is 18.5 Å². The molecule has 124 valence electrons. The Kier molecular flexibility index (Phi) is 3.48. The van der Waals surface area contributed by atoms with E-state index < -0.39 is 5.92 Å². The summed E-state index contributed by atoms with van der Waals surface area (Å²) in [5.41, 5.74) is 0.582. The summed E-state index contributed by atoms with van der Waals surface area (Å²) in [7, 11) is 3.61. The molecule has 0 saturated heterocycles. The van der Waals surface area contributed by atoms with Gasteiger partial charge in [0.1, 0.15) is 5.92 Å². The van der Waals surface area contributed by atoms with Crippen molar-refractivity contribution >= 4 is 18.2 Å². The number of hydrogen-bond acceptors (Lipinski definition) is 4. The van der Waals surface area contributed by atoms with Crippen LogP contribution >= 0.6 is 0 Å². The van der Waals surface area contributed by atoms with Crippen LogP contribution in [-0.2, 0) is 4.79 Å². The third-order valence-corrected chi connectivity index (χ3v) is 5.07. The van der Waals surface area contributed by atoms with Gasteiger partial charge < -0.3 is 5.01 Å². The van der Waals surface area contributed by atoms with Gasteiger partial charge in [-0.15, -0.1) is 0 Å². The van der Waals surface area contributed by atoms with Crippen LogP contribution in [0.3, 0.4) is 0 Å². The van der Waals surface area contributed by atoms with E-state index in [4.69, 9.17) is 0 Å². The van der Waals surface area contributed by atoms with E-state index in [0.29, 0.717) is 16.6 Å². The number of fused-ring (bicyclic) bond motifs is 2. The Labute approximate surface area is 139 Å². The normalized spacial score (nSPS) is 22.8. The monoisotopic (exact) mass is 325 g/mol. The summed E-state index contributed by atoms with van der Waals surface area (Å²) in [5.74, 6) is -0.415. The molecule has 1 amide bonds. The summed E-state index contributed by atoms with van der Waals surface area (Å²) >= 11 is 0. The fourth-order valence-corrected chi connectivity index (χ4v) is 3.78. The molecule has 1 aliphatic carbocycles. The molecule has 6 nitrogen and oxygen atoms in total. The van der Waals surface area contributed by atoms with Gasteiger partial charge in [0.25, 0.3) is 5.56 Å². The molecule has 1 atom stereocenters. The lowest BCUT2D eigenvalue weighted by molar-refractivity contribution is -0.485. The maximum atomic E-state index is 12.9. The van der Waals surface area contributed by atoms with Gasteiger partial charge in [-0.2, -0.15) is 4.58 Å². The number of rotatable bonds is 2. The van der Waals surface area contributed by atoms with E-state index in [9.17, 15) is 9.59 Å². The molecule has 1 aromatic rings. The van der Waals surface area contributed by atoms with Crippen LogP contribution in [0.2, 0.25) is 0 Å². The first kappa shape index (κ1) is 15.1. The molecule has 1 fully saturated rings. The van der Waals surface area contributed by atoms with Gasteiger partial charge in [-0.25, -0.2) is 9.47 Å². The predicted octanol–water partition coefficient (Wildman–Crippen LogP) is -0.474. The molecule has 24 heavy (non-hydrogen) atoms. The van der Waals surface area contributed by atoms with Crippen LogP contribution in [0.25, 0.3) is 6.08 Å². The number of allylic oxidation sites excluding steroid dienone is 1. The second kappa shape index (κ2) is 5.54. The average Bonchev–Trinajstić information content (AvgIpc) is 3.08. The van der Waals surface area contributed by atoms with Gasteiger partial charge in [0.15, 0.2) is 12.3 Å². The van der Waals surface area contributed by atoms with E-state index >= 15 is 0 Å². The zero-order valence-electron chi connectivity index (χ0n) is 14.0. The minimum Gasteiger partial charge on any atom is -0.316 e. The molecule has 6 heteroatoms. The summed E-state index contributed by atoms with van der Waals surface area (Å²) in [6, 6.07) is 2.11. The largest absolute Gasteiger partial charge is 0.400 e. The number of nitrogens with zero attached hydrogens (tertiary/aromatic N) is 4. The lowest BCUT2D eigenvalue weighted by atomic mass is 9.97. The van der Waals surface area contributed by atoms with Crippen molar-refractivity contribution in [3.05, 3.63) is 45.0 Å². The molecule has 0 spiro atoms. The molecular weight excluding hydrogens is 304 g/mol. The van der Waals surface area contributed by atoms with Crippen LogP contribution in [0.4, 0.5) is 0 Å². The highest BCUT2D eigenvalue weighted by Gasteiger charge is 2.40. The van der Waals surface area contributed by atoms with Crippen molar-refractivity contribution in [3.63, 3.8) is 0 Å². The van der Waals surface area contributed by atoms with Crippen molar-refractivity contribution in [2.24, 2.45) is 10.9 Å². The van der Waals surface area contributed by atoms with Crippen molar-refractivity contribution in [1.29, 1.82) is 0 Å². The van der Waals surface area contributed by atoms with Crippen LogP contribution in [0.15, 0.2) is 33.8 Å². The maximum Gasteiger partial charge on any atom is 0.400 e. The molecule has 1 aromatic heterocycles. The predicted molar refractivity (Wildman–Crippen MR) is 91.2 cm³/mol. The zero-order valence-corrected chi connectivity index (χ0v) is 14.0. The van der Waals surface area contributed by atoms with E-state index in [1.54, 1.807) is 17.3 Å². The Hall–Kier alpha value is -2.50. The molecule has 0 N–H and O–H groups in total. The van der Waals surface area contributed by atoms with E-state index in [-0.39, 0.29) is 11.5 Å². The molecule has 2 aliphatic heterocycles. The summed E-state index contributed by atoms with van der Waals surface area (Å²) in [4.78, 5) is 30.1. The average molecular weight is 325 g/mol. The molecule has 0 radical (unpaired) electrons. The molecule has 4 rings (SSSR count). The Morgan fingerprint density at radius 3 is 2.71 bits per heavy atom. The number of aromatic nitrogens is 1. The summed E-state index contributed by atoms with van der Waals surface area (Å²) in [5, 5.41) is 2.86. The Bertz CT molecular complexity index is 946. The molecule has 1 saturated carbocycles. The molecule has 0 bridgehead atoms. The van der Waals surface area contributed by atoms with Crippen LogP contribution in [0.1, 0.15) is 25.7 Å². The minimum absolute atomic E-state index is 0.0356. The zero-order chi connectivity index (χ0) is 16.8. The van der Waals surface area contributed by atoms with E-state index in [1.807, 2.05) is 37.0 Å². The minimum atomic E-state index is -0.450. The molecule has 1 unspecified atom stereocenters. The highest BCUT2D eigenvalue weighted by atomic mass is 16.2. The van der Waals surface area contributed by atoms with E-state index in [2.05, 4.69) is 4.99 Å². The molecule has 0 aromatic carbocycles. The number of hydrogen-bond donors (Lipinski definition) is 0. The fourth-order valence-electron chi connectivity index (χ4n) is 3.78. The lowest BCUT2D eigenvalue weighted by Crippen LogP contribution is -2.52. The standard InChI is InChI=1S/C18H21N4O2/c1-20(2)22-10-8-16-14(18(22)24)11-13-15(19-16)7-9-21(17(13)23)12-5-3-4-6-12/h7-13H,3-6H2,1-2H3/q+1. The van der Waals surface area contributed by atoms with E-state index in [1.165, 1.54) is 17.5 Å². The van der Waals surface area contributed by atoms with Crippen LogP contribution in [-0.4, -0.2) is 41.5 Å². The van der Waals surface area contributed by atoms with Crippen LogP contribution in [0.5, 0.6) is 0 Å². The van der Waals surface area contributed by atoms with Crippen molar-refractivity contribution in [1.82, 2.24) is 4.68 Å². The summed E-state index contributed by atoms with van der Waals surface area (Å²) in [6.45, 7) is 0. The molecule has 3 heterocycles. The van der Waals surface area contributed by atoms with Gasteiger partial charge >= 0.3 is 5.91 Å². The first-order valence-corrected chi connectivity index (χ1v) is 8.43. The van der Waals surface area contributed by atoms with Crippen LogP contribution < -0.4 is 21.1 Å². The quantitative estimate of drug-likeness (QED) is 0.691. The Morgan fingerprint density at radius 1 is 1.25 bits per heavy atom. The third kappa shape index (κ3) is 2.25. The number of carbonyl (C=O) groups excluding carboxylic acids is 1. The molecule has 3 aliphatic rings. The second-order valence-corrected chi connectivity index (χ2v) is 6.79. The Morgan fingerprint density at radius 2 is 2.00 bits per heavy atom. The van der Waals surface area contributed by atoms with Crippen molar-refractivity contribution in [2.75, 3.05) is 19.1 Å². The van der Waals surface area contributed by atoms with Gasteiger partial charge in [-0.3, -0.25) is 9.79 Å². The summed E-state index contributed by atoms with van der Waals surface area (Å²) < 4.78 is 3.37. The first-order valence-electron chi connectivity index (χ1n) is 8.43. The number of carbonyl (C=O) groups is 1. The van der Waals surface area contributed by atoms with Gasteiger partial charge in [0.2, 0.25) is 0 Å². The van der Waals surface area contributed by atoms with Gasteiger partial charge in [-0.1, -0.05) is 0 Å². The van der Waals surface area contributed by atoms with Gasteiger partial charge in [0, 0.05) is 39.2 Å². The topological polar surface area (TPSA) is 57.7 Å². The SMILES string of the molecule is CN(C)n1ccc2c(c1=O)=CC1C(=O)[N+](C3CCCC3)=CC=C1N=2. The highest BCUT2D eigenvalue weighted by Crippen LogP contribution is 2.26. The van der Waals surface area contributed by atoms with Crippen molar-refractivity contribution < 1.29 is 9.37 Å². The van der Waals surface area contributed by atoms with Crippen molar-refractivity contribution in [3.8, 4) is 0 Å². The number of pyridine rings is 1. The van der Waals surface area contributed by atoms with Crippen LogP contribution in [0, 0.1) is 5.92 Å². The smallest absolute Gasteiger partial charge is 0.316 e. The Balaban J connectivity index is 1.84. The third-order valence-electron chi connectivity index (χ3n) is 5.07. The maximum absolute atomic E-state index is 12.9. The lowest BCUT2D eigenvalue weighted by Gasteiger charge is -2.20. The summed E-state index contributed by atoms with van der Waals surface area (Å²) in [6.07, 6.45) is 11.7.